The van der Waals surface area contributed by atoms with Gasteiger partial charge < -0.3 is 15.4 Å². The summed E-state index contributed by atoms with van der Waals surface area (Å²) in [4.78, 5) is 4.16. The molecule has 2 N–H and O–H groups in total. The largest absolute Gasteiger partial charge is 0.387 e. The first-order valence-electron chi connectivity index (χ1n) is 6.87. The van der Waals surface area contributed by atoms with Crippen LogP contribution in [0, 0.1) is 0 Å². The van der Waals surface area contributed by atoms with Crippen LogP contribution in [0.25, 0.3) is 0 Å². The van der Waals surface area contributed by atoms with Crippen molar-refractivity contribution in [3.63, 3.8) is 0 Å². The second kappa shape index (κ2) is 7.21. The molecule has 1 aromatic rings. The monoisotopic (exact) mass is 249 g/mol. The summed E-state index contributed by atoms with van der Waals surface area (Å²) in [5.74, 6) is 0. The molecule has 1 heterocycles. The fraction of sp³-hybridized carbons (Fsp3) is 0.643. The van der Waals surface area contributed by atoms with Crippen LogP contribution < -0.4 is 10.6 Å². The predicted molar refractivity (Wildman–Crippen MR) is 75.1 cm³/mol. The summed E-state index contributed by atoms with van der Waals surface area (Å²) in [5, 5.41) is 6.41. The highest BCUT2D eigenvalue weighted by Crippen LogP contribution is 2.20. The Morgan fingerprint density at radius 3 is 2.78 bits per heavy atom. The first kappa shape index (κ1) is 13.1. The minimum atomic E-state index is 0.488. The zero-order valence-electron chi connectivity index (χ0n) is 11.1. The Morgan fingerprint density at radius 1 is 1.22 bits per heavy atom. The van der Waals surface area contributed by atoms with Crippen LogP contribution in [0.2, 0.25) is 0 Å². The van der Waals surface area contributed by atoms with E-state index in [1.54, 1.807) is 0 Å². The lowest BCUT2D eigenvalue weighted by molar-refractivity contribution is 0.0347. The summed E-state index contributed by atoms with van der Waals surface area (Å²) >= 11 is 0. The van der Waals surface area contributed by atoms with E-state index in [0.717, 1.165) is 24.5 Å². The highest BCUT2D eigenvalue weighted by Gasteiger charge is 2.12. The summed E-state index contributed by atoms with van der Waals surface area (Å²) in [6.45, 7) is 1.61. The van der Waals surface area contributed by atoms with E-state index in [9.17, 15) is 0 Å². The van der Waals surface area contributed by atoms with E-state index in [-0.39, 0.29) is 0 Å². The van der Waals surface area contributed by atoms with Crippen molar-refractivity contribution in [2.24, 2.45) is 0 Å². The van der Waals surface area contributed by atoms with Gasteiger partial charge in [0, 0.05) is 13.6 Å². The smallest absolute Gasteiger partial charge is 0.0642 e. The van der Waals surface area contributed by atoms with Crippen LogP contribution in [0.5, 0.6) is 0 Å². The molecule has 0 aromatic carbocycles. The van der Waals surface area contributed by atoms with E-state index in [2.05, 4.69) is 15.6 Å². The maximum absolute atomic E-state index is 5.86. The Bertz CT molecular complexity index is 351. The molecule has 0 amide bonds. The Kier molecular flexibility index (Phi) is 5.27. The van der Waals surface area contributed by atoms with Crippen LogP contribution in [-0.2, 0) is 4.74 Å². The normalized spacial score (nSPS) is 16.5. The highest BCUT2D eigenvalue weighted by molar-refractivity contribution is 5.53. The van der Waals surface area contributed by atoms with Crippen molar-refractivity contribution in [1.29, 1.82) is 0 Å². The molecule has 0 saturated heterocycles. The molecular weight excluding hydrogens is 226 g/mol. The molecule has 4 heteroatoms. The standard InChI is InChI=1S/C14H23N3O/c1-15-12-9-13(11-16-10-12)17-7-8-18-14-5-3-2-4-6-14/h9-11,14-15,17H,2-8H2,1H3. The second-order valence-electron chi connectivity index (χ2n) is 4.77. The van der Waals surface area contributed by atoms with E-state index in [1.165, 1.54) is 32.1 Å². The van der Waals surface area contributed by atoms with Gasteiger partial charge in [0.15, 0.2) is 0 Å². The van der Waals surface area contributed by atoms with E-state index in [4.69, 9.17) is 4.74 Å². The fourth-order valence-corrected chi connectivity index (χ4v) is 2.33. The molecule has 0 unspecified atom stereocenters. The van der Waals surface area contributed by atoms with Crippen molar-refractivity contribution < 1.29 is 4.74 Å². The second-order valence-corrected chi connectivity index (χ2v) is 4.77. The van der Waals surface area contributed by atoms with Crippen molar-refractivity contribution in [3.05, 3.63) is 18.5 Å². The Morgan fingerprint density at radius 2 is 2.00 bits per heavy atom. The molecule has 0 aliphatic heterocycles. The van der Waals surface area contributed by atoms with Gasteiger partial charge in [-0.1, -0.05) is 19.3 Å². The summed E-state index contributed by atoms with van der Waals surface area (Å²) in [7, 11) is 1.90. The average Bonchev–Trinajstić information content (AvgIpc) is 2.45. The van der Waals surface area contributed by atoms with Gasteiger partial charge in [-0.15, -0.1) is 0 Å². The minimum absolute atomic E-state index is 0.488. The van der Waals surface area contributed by atoms with Crippen LogP contribution in [0.15, 0.2) is 18.5 Å². The zero-order chi connectivity index (χ0) is 12.6. The maximum atomic E-state index is 5.86. The Hall–Kier alpha value is -1.29. The molecule has 4 nitrogen and oxygen atoms in total. The van der Waals surface area contributed by atoms with Crippen LogP contribution in [-0.4, -0.2) is 31.3 Å². The molecule has 100 valence electrons. The summed E-state index contributed by atoms with van der Waals surface area (Å²) in [6, 6.07) is 2.05. The number of ether oxygens (including phenoxy) is 1. The van der Waals surface area contributed by atoms with Gasteiger partial charge in [-0.25, -0.2) is 0 Å². The highest BCUT2D eigenvalue weighted by atomic mass is 16.5. The van der Waals surface area contributed by atoms with E-state index >= 15 is 0 Å². The Labute approximate surface area is 109 Å². The van der Waals surface area contributed by atoms with Crippen LogP contribution >= 0.6 is 0 Å². The van der Waals surface area contributed by atoms with Gasteiger partial charge in [0.25, 0.3) is 0 Å². The minimum Gasteiger partial charge on any atom is -0.387 e. The average molecular weight is 249 g/mol. The van der Waals surface area contributed by atoms with Gasteiger partial charge in [0.2, 0.25) is 0 Å². The van der Waals surface area contributed by atoms with Crippen molar-refractivity contribution >= 4 is 11.4 Å². The molecule has 1 fully saturated rings. The molecule has 0 radical (unpaired) electrons. The Balaban J connectivity index is 1.65. The number of nitrogens with one attached hydrogen (secondary N) is 2. The zero-order valence-corrected chi connectivity index (χ0v) is 11.1. The molecule has 2 rings (SSSR count). The maximum Gasteiger partial charge on any atom is 0.0642 e. The van der Waals surface area contributed by atoms with Gasteiger partial charge in [-0.05, 0) is 18.9 Å². The van der Waals surface area contributed by atoms with E-state index in [1.807, 2.05) is 25.5 Å². The third-order valence-corrected chi connectivity index (χ3v) is 3.36. The molecule has 0 spiro atoms. The van der Waals surface area contributed by atoms with Gasteiger partial charge in [-0.3, -0.25) is 4.98 Å². The van der Waals surface area contributed by atoms with Crippen molar-refractivity contribution in [3.8, 4) is 0 Å². The molecule has 0 atom stereocenters. The molecule has 1 saturated carbocycles. The summed E-state index contributed by atoms with van der Waals surface area (Å²) in [6.07, 6.45) is 10.6. The van der Waals surface area contributed by atoms with Crippen LogP contribution in [0.4, 0.5) is 11.4 Å². The fourth-order valence-electron chi connectivity index (χ4n) is 2.33. The molecule has 0 bridgehead atoms. The number of hydrogen-bond acceptors (Lipinski definition) is 4. The molecular formula is C14H23N3O. The molecule has 1 aliphatic carbocycles. The molecule has 18 heavy (non-hydrogen) atoms. The first-order valence-corrected chi connectivity index (χ1v) is 6.87. The topological polar surface area (TPSA) is 46.2 Å². The van der Waals surface area contributed by atoms with Gasteiger partial charge in [0.1, 0.15) is 0 Å². The lowest BCUT2D eigenvalue weighted by atomic mass is 9.98. The first-order chi connectivity index (χ1) is 8.88. The van der Waals surface area contributed by atoms with E-state index in [0.29, 0.717) is 6.10 Å². The van der Waals surface area contributed by atoms with Crippen LogP contribution in [0.3, 0.4) is 0 Å². The lowest BCUT2D eigenvalue weighted by Crippen LogP contribution is -2.20. The van der Waals surface area contributed by atoms with Gasteiger partial charge >= 0.3 is 0 Å². The number of pyridine rings is 1. The molecule has 1 aliphatic rings. The lowest BCUT2D eigenvalue weighted by Gasteiger charge is -2.22. The summed E-state index contributed by atoms with van der Waals surface area (Å²) in [5.41, 5.74) is 2.06. The number of hydrogen-bond donors (Lipinski definition) is 2. The number of rotatable bonds is 6. The van der Waals surface area contributed by atoms with Gasteiger partial charge in [-0.2, -0.15) is 0 Å². The predicted octanol–water partition coefficient (Wildman–Crippen LogP) is 2.88. The van der Waals surface area contributed by atoms with Crippen molar-refractivity contribution in [1.82, 2.24) is 4.98 Å². The number of aromatic nitrogens is 1. The molecule has 1 aromatic heterocycles. The SMILES string of the molecule is CNc1cncc(NCCOC2CCCCC2)c1. The summed E-state index contributed by atoms with van der Waals surface area (Å²) < 4.78 is 5.86. The third-order valence-electron chi connectivity index (χ3n) is 3.36. The third kappa shape index (κ3) is 4.18. The van der Waals surface area contributed by atoms with Crippen molar-refractivity contribution in [2.45, 2.75) is 38.2 Å². The number of nitrogens with zero attached hydrogens (tertiary/aromatic N) is 1. The van der Waals surface area contributed by atoms with E-state index < -0.39 is 0 Å². The number of anilines is 2. The quantitative estimate of drug-likeness (QED) is 0.761. The van der Waals surface area contributed by atoms with Gasteiger partial charge in [0.05, 0.1) is 36.5 Å². The van der Waals surface area contributed by atoms with Crippen molar-refractivity contribution in [2.75, 3.05) is 30.8 Å². The van der Waals surface area contributed by atoms with Crippen LogP contribution in [0.1, 0.15) is 32.1 Å².